The van der Waals surface area contributed by atoms with Crippen molar-refractivity contribution in [3.63, 3.8) is 0 Å². The number of carboxylic acids is 1. The van der Waals surface area contributed by atoms with E-state index in [1.54, 1.807) is 24.3 Å². The minimum atomic E-state index is -0.916. The Morgan fingerprint density at radius 1 is 1.25 bits per heavy atom. The molecule has 1 aromatic carbocycles. The Morgan fingerprint density at radius 2 is 1.90 bits per heavy atom. The van der Waals surface area contributed by atoms with Crippen molar-refractivity contribution in [3.05, 3.63) is 29.8 Å². The lowest BCUT2D eigenvalue weighted by molar-refractivity contribution is -0.137. The molecule has 5 heteroatoms. The second-order valence-corrected chi connectivity index (χ2v) is 4.55. The van der Waals surface area contributed by atoms with E-state index < -0.39 is 5.97 Å². The van der Waals surface area contributed by atoms with Crippen LogP contribution >= 0.6 is 0 Å². The van der Waals surface area contributed by atoms with Crippen LogP contribution in [0, 0.1) is 0 Å². The van der Waals surface area contributed by atoms with E-state index in [0.717, 1.165) is 12.2 Å². The summed E-state index contributed by atoms with van der Waals surface area (Å²) in [4.78, 5) is 22.6. The topological polar surface area (TPSA) is 75.6 Å². The van der Waals surface area contributed by atoms with Gasteiger partial charge in [-0.1, -0.05) is 13.8 Å². The third-order valence-electron chi connectivity index (χ3n) is 2.84. The van der Waals surface area contributed by atoms with Gasteiger partial charge in [-0.05, 0) is 37.1 Å². The number of nitrogens with one attached hydrogen (secondary N) is 1. The molecule has 0 aliphatic rings. The molecule has 110 valence electrons. The van der Waals surface area contributed by atoms with Gasteiger partial charge in [-0.2, -0.15) is 0 Å². The van der Waals surface area contributed by atoms with Crippen molar-refractivity contribution in [2.45, 2.75) is 39.2 Å². The highest BCUT2D eigenvalue weighted by atomic mass is 16.5. The van der Waals surface area contributed by atoms with Gasteiger partial charge in [0.2, 0.25) is 0 Å². The van der Waals surface area contributed by atoms with Crippen molar-refractivity contribution < 1.29 is 19.4 Å². The standard InChI is InChI=1S/C15H21NO4/c1-3-9-20-13-7-5-11(6-8-13)15(19)16-12(4-2)10-14(17)18/h5-8,12H,3-4,9-10H2,1-2H3,(H,16,19)(H,17,18)/t12-/m0/s1. The Balaban J connectivity index is 2.60. The van der Waals surface area contributed by atoms with Crippen molar-refractivity contribution in [1.82, 2.24) is 5.32 Å². The summed E-state index contributed by atoms with van der Waals surface area (Å²) in [6.45, 7) is 4.51. The number of hydrogen-bond acceptors (Lipinski definition) is 3. The Kier molecular flexibility index (Phi) is 6.56. The van der Waals surface area contributed by atoms with Crippen molar-refractivity contribution in [2.24, 2.45) is 0 Å². The lowest BCUT2D eigenvalue weighted by Crippen LogP contribution is -2.35. The lowest BCUT2D eigenvalue weighted by Gasteiger charge is -2.15. The minimum Gasteiger partial charge on any atom is -0.494 e. The molecule has 0 spiro atoms. The number of hydrogen-bond donors (Lipinski definition) is 2. The molecular formula is C15H21NO4. The molecule has 2 N–H and O–H groups in total. The van der Waals surface area contributed by atoms with Crippen LogP contribution in [0.4, 0.5) is 0 Å². The van der Waals surface area contributed by atoms with Crippen molar-refractivity contribution in [3.8, 4) is 5.75 Å². The molecule has 1 atom stereocenters. The van der Waals surface area contributed by atoms with Crippen molar-refractivity contribution in [2.75, 3.05) is 6.61 Å². The zero-order valence-corrected chi connectivity index (χ0v) is 11.9. The molecule has 1 aromatic rings. The molecule has 0 saturated heterocycles. The maximum atomic E-state index is 12.0. The highest BCUT2D eigenvalue weighted by molar-refractivity contribution is 5.94. The van der Waals surface area contributed by atoms with Gasteiger partial charge in [-0.15, -0.1) is 0 Å². The molecule has 0 bridgehead atoms. The molecule has 1 rings (SSSR count). The van der Waals surface area contributed by atoms with E-state index in [-0.39, 0.29) is 18.4 Å². The summed E-state index contributed by atoms with van der Waals surface area (Å²) in [7, 11) is 0. The highest BCUT2D eigenvalue weighted by Gasteiger charge is 2.15. The molecule has 20 heavy (non-hydrogen) atoms. The van der Waals surface area contributed by atoms with Crippen LogP contribution in [0.15, 0.2) is 24.3 Å². The fourth-order valence-corrected chi connectivity index (χ4v) is 1.70. The van der Waals surface area contributed by atoms with Crippen LogP contribution < -0.4 is 10.1 Å². The quantitative estimate of drug-likeness (QED) is 0.766. The molecule has 0 aromatic heterocycles. The third kappa shape index (κ3) is 5.30. The zero-order chi connectivity index (χ0) is 15.0. The summed E-state index contributed by atoms with van der Waals surface area (Å²) in [6.07, 6.45) is 1.44. The van der Waals surface area contributed by atoms with Gasteiger partial charge in [0.1, 0.15) is 5.75 Å². The predicted molar refractivity (Wildman–Crippen MR) is 76.0 cm³/mol. The molecule has 0 heterocycles. The number of ether oxygens (including phenoxy) is 1. The van der Waals surface area contributed by atoms with E-state index in [1.165, 1.54) is 0 Å². The molecule has 5 nitrogen and oxygen atoms in total. The Labute approximate surface area is 118 Å². The first-order valence-corrected chi connectivity index (χ1v) is 6.82. The molecule has 0 unspecified atom stereocenters. The Bertz CT molecular complexity index is 442. The number of carbonyl (C=O) groups is 2. The van der Waals surface area contributed by atoms with E-state index >= 15 is 0 Å². The number of benzene rings is 1. The van der Waals surface area contributed by atoms with Crippen LogP contribution in [0.2, 0.25) is 0 Å². The second kappa shape index (κ2) is 8.19. The van der Waals surface area contributed by atoms with Gasteiger partial charge < -0.3 is 15.2 Å². The first-order chi connectivity index (χ1) is 9.56. The van der Waals surface area contributed by atoms with Gasteiger partial charge in [-0.25, -0.2) is 0 Å². The third-order valence-corrected chi connectivity index (χ3v) is 2.84. The van der Waals surface area contributed by atoms with Crippen LogP contribution in [0.3, 0.4) is 0 Å². The summed E-state index contributed by atoms with van der Waals surface area (Å²) < 4.78 is 5.44. The lowest BCUT2D eigenvalue weighted by atomic mass is 10.1. The highest BCUT2D eigenvalue weighted by Crippen LogP contribution is 2.13. The van der Waals surface area contributed by atoms with Crippen molar-refractivity contribution in [1.29, 1.82) is 0 Å². The van der Waals surface area contributed by atoms with Crippen molar-refractivity contribution >= 4 is 11.9 Å². The predicted octanol–water partition coefficient (Wildman–Crippen LogP) is 2.46. The van der Waals surface area contributed by atoms with Gasteiger partial charge in [0.15, 0.2) is 0 Å². The zero-order valence-electron chi connectivity index (χ0n) is 11.9. The SMILES string of the molecule is CCCOc1ccc(C(=O)N[C@@H](CC)CC(=O)O)cc1. The van der Waals surface area contributed by atoms with Gasteiger partial charge in [-0.3, -0.25) is 9.59 Å². The molecule has 0 aliphatic heterocycles. The molecule has 0 radical (unpaired) electrons. The first kappa shape index (κ1) is 16.0. The summed E-state index contributed by atoms with van der Waals surface area (Å²) in [6, 6.07) is 6.48. The van der Waals surface area contributed by atoms with Gasteiger partial charge in [0.05, 0.1) is 13.0 Å². The van der Waals surface area contributed by atoms with E-state index in [0.29, 0.717) is 18.6 Å². The van der Waals surface area contributed by atoms with Crippen LogP contribution in [0.25, 0.3) is 0 Å². The molecule has 0 aliphatic carbocycles. The smallest absolute Gasteiger partial charge is 0.305 e. The van der Waals surface area contributed by atoms with E-state index in [1.807, 2.05) is 13.8 Å². The number of rotatable bonds is 8. The number of aliphatic carboxylic acids is 1. The molecule has 0 saturated carbocycles. The molecular weight excluding hydrogens is 258 g/mol. The summed E-state index contributed by atoms with van der Waals surface area (Å²) in [5.74, 6) is -0.457. The number of amides is 1. The van der Waals surface area contributed by atoms with E-state index in [2.05, 4.69) is 5.32 Å². The fraction of sp³-hybridized carbons (Fsp3) is 0.467. The number of carboxylic acid groups (broad SMARTS) is 1. The minimum absolute atomic E-state index is 0.0695. The van der Waals surface area contributed by atoms with Crippen LogP contribution in [-0.4, -0.2) is 29.6 Å². The maximum absolute atomic E-state index is 12.0. The second-order valence-electron chi connectivity index (χ2n) is 4.55. The number of carbonyl (C=O) groups excluding carboxylic acids is 1. The maximum Gasteiger partial charge on any atom is 0.305 e. The fourth-order valence-electron chi connectivity index (χ4n) is 1.70. The average Bonchev–Trinajstić information content (AvgIpc) is 2.44. The largest absolute Gasteiger partial charge is 0.494 e. The normalized spacial score (nSPS) is 11.7. The Morgan fingerprint density at radius 3 is 2.40 bits per heavy atom. The van der Waals surface area contributed by atoms with Gasteiger partial charge >= 0.3 is 5.97 Å². The summed E-state index contributed by atoms with van der Waals surface area (Å²) >= 11 is 0. The van der Waals surface area contributed by atoms with E-state index in [4.69, 9.17) is 9.84 Å². The molecule has 0 fully saturated rings. The van der Waals surface area contributed by atoms with Gasteiger partial charge in [0.25, 0.3) is 5.91 Å². The monoisotopic (exact) mass is 279 g/mol. The summed E-state index contributed by atoms with van der Waals surface area (Å²) in [5, 5.41) is 11.5. The first-order valence-electron chi connectivity index (χ1n) is 6.82. The van der Waals surface area contributed by atoms with Crippen LogP contribution in [-0.2, 0) is 4.79 Å². The average molecular weight is 279 g/mol. The van der Waals surface area contributed by atoms with Crippen LogP contribution in [0.5, 0.6) is 5.75 Å². The van der Waals surface area contributed by atoms with Crippen LogP contribution in [0.1, 0.15) is 43.5 Å². The van der Waals surface area contributed by atoms with Gasteiger partial charge in [0, 0.05) is 11.6 Å². The Hall–Kier alpha value is -2.04. The molecule has 1 amide bonds. The summed E-state index contributed by atoms with van der Waals surface area (Å²) in [5.41, 5.74) is 0.498. The van der Waals surface area contributed by atoms with E-state index in [9.17, 15) is 9.59 Å².